The van der Waals surface area contributed by atoms with Crippen LogP contribution >= 0.6 is 11.8 Å². The largest absolute Gasteiger partial charge is 0.497 e. The van der Waals surface area contributed by atoms with Gasteiger partial charge in [0.05, 0.1) is 13.7 Å². The summed E-state index contributed by atoms with van der Waals surface area (Å²) in [6.07, 6.45) is 3.63. The molecule has 1 heterocycles. The summed E-state index contributed by atoms with van der Waals surface area (Å²) in [7, 11) is 1.62. The second-order valence-corrected chi connectivity index (χ2v) is 6.67. The van der Waals surface area contributed by atoms with E-state index in [0.717, 1.165) is 16.2 Å². The van der Waals surface area contributed by atoms with E-state index in [0.29, 0.717) is 29.6 Å². The van der Waals surface area contributed by atoms with E-state index in [2.05, 4.69) is 15.5 Å². The Hall–Kier alpha value is -3.03. The molecule has 0 amide bonds. The van der Waals surface area contributed by atoms with Crippen LogP contribution in [0.1, 0.15) is 11.1 Å². The van der Waals surface area contributed by atoms with Crippen LogP contribution in [0.15, 0.2) is 76.7 Å². The van der Waals surface area contributed by atoms with Gasteiger partial charge in [-0.1, -0.05) is 12.1 Å². The van der Waals surface area contributed by atoms with E-state index in [1.165, 1.54) is 0 Å². The van der Waals surface area contributed by atoms with Crippen LogP contribution in [0.5, 0.6) is 17.4 Å². The monoisotopic (exact) mass is 395 g/mol. The fraction of sp³-hybridized carbons (Fsp3) is 0.143. The predicted molar refractivity (Wildman–Crippen MR) is 111 cm³/mol. The molecule has 0 saturated heterocycles. The molecule has 0 spiro atoms. The first-order valence-corrected chi connectivity index (χ1v) is 9.80. The summed E-state index contributed by atoms with van der Waals surface area (Å²) in [6.45, 7) is 0.384. The number of hydrogen-bond acceptors (Lipinski definition) is 6. The minimum absolute atomic E-state index is 0.327. The van der Waals surface area contributed by atoms with Crippen LogP contribution in [0.3, 0.4) is 0 Å². The van der Waals surface area contributed by atoms with Gasteiger partial charge in [0, 0.05) is 22.7 Å². The Morgan fingerprint density at radius 2 is 1.93 bits per heavy atom. The first-order chi connectivity index (χ1) is 13.7. The molecule has 1 aromatic heterocycles. The molecular weight excluding hydrogens is 374 g/mol. The van der Waals surface area contributed by atoms with Crippen molar-refractivity contribution in [1.29, 1.82) is 0 Å². The second kappa shape index (κ2) is 9.77. The van der Waals surface area contributed by atoms with Crippen molar-refractivity contribution in [2.24, 2.45) is 4.99 Å². The maximum Gasteiger partial charge on any atom is 0.219 e. The summed E-state index contributed by atoms with van der Waals surface area (Å²) < 4.78 is 11.0. The third kappa shape index (κ3) is 5.25. The lowest BCUT2D eigenvalue weighted by Crippen LogP contribution is -2.20. The number of pyridine rings is 1. The summed E-state index contributed by atoms with van der Waals surface area (Å²) in [5.74, 6) is 2.19. The summed E-state index contributed by atoms with van der Waals surface area (Å²) in [5.41, 5.74) is 3.78. The van der Waals surface area contributed by atoms with Crippen molar-refractivity contribution < 1.29 is 14.7 Å². The highest BCUT2D eigenvalue weighted by molar-refractivity contribution is 7.98. The number of nitrogens with one attached hydrogen (secondary N) is 1. The van der Waals surface area contributed by atoms with Crippen molar-refractivity contribution in [3.8, 4) is 17.4 Å². The first kappa shape index (κ1) is 19.7. The summed E-state index contributed by atoms with van der Waals surface area (Å²) in [4.78, 5) is 9.83. The molecule has 6 nitrogen and oxygen atoms in total. The molecule has 2 aromatic carbocycles. The van der Waals surface area contributed by atoms with Gasteiger partial charge in [0.1, 0.15) is 11.5 Å². The van der Waals surface area contributed by atoms with E-state index in [9.17, 15) is 5.21 Å². The fourth-order valence-electron chi connectivity index (χ4n) is 2.51. The third-order valence-corrected chi connectivity index (χ3v) is 4.69. The van der Waals surface area contributed by atoms with E-state index in [4.69, 9.17) is 9.47 Å². The van der Waals surface area contributed by atoms with Gasteiger partial charge in [-0.05, 0) is 54.3 Å². The maximum atomic E-state index is 9.53. The third-order valence-electron chi connectivity index (χ3n) is 3.95. The first-order valence-electron chi connectivity index (χ1n) is 8.57. The van der Waals surface area contributed by atoms with Gasteiger partial charge < -0.3 is 9.47 Å². The van der Waals surface area contributed by atoms with E-state index < -0.39 is 0 Å². The van der Waals surface area contributed by atoms with E-state index in [1.807, 2.05) is 54.8 Å². The maximum absolute atomic E-state index is 9.53. The minimum Gasteiger partial charge on any atom is -0.497 e. The number of rotatable bonds is 7. The highest BCUT2D eigenvalue weighted by atomic mass is 32.2. The van der Waals surface area contributed by atoms with Crippen LogP contribution in [0.25, 0.3) is 0 Å². The average Bonchev–Trinajstić information content (AvgIpc) is 2.75. The van der Waals surface area contributed by atoms with Crippen molar-refractivity contribution in [3.63, 3.8) is 0 Å². The topological polar surface area (TPSA) is 76.0 Å². The Morgan fingerprint density at radius 3 is 2.64 bits per heavy atom. The molecule has 3 aromatic rings. The summed E-state index contributed by atoms with van der Waals surface area (Å²) >= 11 is 1.67. The molecule has 0 radical (unpaired) electrons. The van der Waals surface area contributed by atoms with E-state index in [1.54, 1.807) is 37.2 Å². The molecular formula is C21H21N3O3S. The molecule has 0 bridgehead atoms. The van der Waals surface area contributed by atoms with Crippen LogP contribution in [0.2, 0.25) is 0 Å². The molecule has 7 heteroatoms. The Bertz CT molecular complexity index is 946. The number of hydrogen-bond donors (Lipinski definition) is 2. The van der Waals surface area contributed by atoms with Gasteiger partial charge in [-0.3, -0.25) is 15.7 Å². The van der Waals surface area contributed by atoms with Crippen molar-refractivity contribution in [2.75, 3.05) is 13.4 Å². The molecule has 3 rings (SSSR count). The number of aliphatic imine (C=N–C) groups is 1. The van der Waals surface area contributed by atoms with Crippen LogP contribution in [-0.2, 0) is 6.54 Å². The van der Waals surface area contributed by atoms with Gasteiger partial charge in [0.25, 0.3) is 0 Å². The molecule has 0 aliphatic rings. The van der Waals surface area contributed by atoms with Crippen LogP contribution in [-0.4, -0.2) is 29.4 Å². The highest BCUT2D eigenvalue weighted by Gasteiger charge is 2.07. The van der Waals surface area contributed by atoms with Gasteiger partial charge in [-0.15, -0.1) is 11.8 Å². The molecule has 0 saturated carbocycles. The molecule has 2 N–H and O–H groups in total. The number of methoxy groups -OCH3 is 1. The molecule has 0 aliphatic carbocycles. The van der Waals surface area contributed by atoms with Crippen LogP contribution in [0, 0.1) is 0 Å². The zero-order valence-electron chi connectivity index (χ0n) is 15.6. The van der Waals surface area contributed by atoms with E-state index in [-0.39, 0.29) is 0 Å². The number of benzene rings is 2. The SMILES string of the molecule is COc1cccc(CN=C(NO)c2ccnc(Oc3ccc(SC)cc3)c2)c1. The number of hydroxylamine groups is 1. The molecule has 144 valence electrons. The number of nitrogens with zero attached hydrogens (tertiary/aromatic N) is 2. The molecule has 0 aliphatic heterocycles. The lowest BCUT2D eigenvalue weighted by Gasteiger charge is -2.09. The number of ether oxygens (including phenoxy) is 2. The normalized spacial score (nSPS) is 11.2. The number of amidine groups is 1. The van der Waals surface area contributed by atoms with Crippen LogP contribution in [0.4, 0.5) is 0 Å². The number of aromatic nitrogens is 1. The minimum atomic E-state index is 0.327. The Balaban J connectivity index is 1.75. The Kier molecular flexibility index (Phi) is 6.89. The van der Waals surface area contributed by atoms with E-state index >= 15 is 0 Å². The lowest BCUT2D eigenvalue weighted by molar-refractivity contribution is 0.234. The van der Waals surface area contributed by atoms with Crippen molar-refractivity contribution in [2.45, 2.75) is 11.4 Å². The second-order valence-electron chi connectivity index (χ2n) is 5.79. The highest BCUT2D eigenvalue weighted by Crippen LogP contribution is 2.23. The molecule has 0 fully saturated rings. The Morgan fingerprint density at radius 1 is 1.11 bits per heavy atom. The van der Waals surface area contributed by atoms with Crippen molar-refractivity contribution in [1.82, 2.24) is 10.5 Å². The van der Waals surface area contributed by atoms with Gasteiger partial charge in [0.2, 0.25) is 5.88 Å². The fourth-order valence-corrected chi connectivity index (χ4v) is 2.92. The Labute approximate surface area is 168 Å². The predicted octanol–water partition coefficient (Wildman–Crippen LogP) is 4.53. The molecule has 0 atom stereocenters. The van der Waals surface area contributed by atoms with Gasteiger partial charge in [0.15, 0.2) is 5.84 Å². The zero-order valence-corrected chi connectivity index (χ0v) is 16.4. The summed E-state index contributed by atoms with van der Waals surface area (Å²) in [5, 5.41) is 9.53. The molecule has 0 unspecified atom stereocenters. The lowest BCUT2D eigenvalue weighted by atomic mass is 10.2. The van der Waals surface area contributed by atoms with Gasteiger partial charge >= 0.3 is 0 Å². The quantitative estimate of drug-likeness (QED) is 0.265. The average molecular weight is 395 g/mol. The van der Waals surface area contributed by atoms with Gasteiger partial charge in [-0.25, -0.2) is 4.98 Å². The van der Waals surface area contributed by atoms with Crippen molar-refractivity contribution in [3.05, 3.63) is 78.0 Å². The summed E-state index contributed by atoms with van der Waals surface area (Å²) in [6, 6.07) is 18.8. The zero-order chi connectivity index (χ0) is 19.8. The number of thioether (sulfide) groups is 1. The standard InChI is InChI=1S/C21H21N3O3S/c1-26-18-5-3-4-15(12-18)14-23-21(24-25)16-10-11-22-20(13-16)27-17-6-8-19(28-2)9-7-17/h3-13,25H,14H2,1-2H3,(H,23,24). The smallest absolute Gasteiger partial charge is 0.219 e. The molecule has 28 heavy (non-hydrogen) atoms. The van der Waals surface area contributed by atoms with Crippen molar-refractivity contribution >= 4 is 17.6 Å². The van der Waals surface area contributed by atoms with Crippen LogP contribution < -0.4 is 15.0 Å². The van der Waals surface area contributed by atoms with Gasteiger partial charge in [-0.2, -0.15) is 0 Å².